The van der Waals surface area contributed by atoms with Crippen molar-refractivity contribution in [3.05, 3.63) is 0 Å². The lowest BCUT2D eigenvalue weighted by Gasteiger charge is -2.24. The summed E-state index contributed by atoms with van der Waals surface area (Å²) in [5.41, 5.74) is -0.667. The lowest BCUT2D eigenvalue weighted by atomic mass is 9.88. The summed E-state index contributed by atoms with van der Waals surface area (Å²) in [7, 11) is 0. The fraction of sp³-hybridized carbons (Fsp3) is 0.800. The Morgan fingerprint density at radius 1 is 0.895 bits per heavy atom. The number of aliphatic hydroxyl groups is 3. The zero-order valence-electron chi connectivity index (χ0n) is 10.7. The fourth-order valence-electron chi connectivity index (χ4n) is 0.485. The third-order valence-corrected chi connectivity index (χ3v) is 2.57. The number of aliphatic carboxylic acids is 2. The Hall–Kier alpha value is -0.480. The molecule has 0 aromatic heterocycles. The average molecular weight is 318 g/mol. The second kappa shape index (κ2) is 15.6. The third kappa shape index (κ3) is 17.5. The number of hydrogen-bond donors (Lipinski definition) is 7. The lowest BCUT2D eigenvalue weighted by molar-refractivity contribution is -0.134. The van der Waals surface area contributed by atoms with Crippen molar-refractivity contribution in [2.75, 3.05) is 31.3 Å². The van der Waals surface area contributed by atoms with Gasteiger partial charge in [0.1, 0.15) is 0 Å². The monoisotopic (exact) mass is 318 g/mol. The lowest BCUT2D eigenvalue weighted by Crippen LogP contribution is -2.32. The van der Waals surface area contributed by atoms with E-state index in [-0.39, 0.29) is 31.3 Å². The minimum absolute atomic E-state index is 0.0833. The molecule has 0 radical (unpaired) electrons. The molecule has 0 saturated heterocycles. The van der Waals surface area contributed by atoms with Crippen LogP contribution in [-0.2, 0) is 9.59 Å². The van der Waals surface area contributed by atoms with Gasteiger partial charge in [0, 0.05) is 5.41 Å². The van der Waals surface area contributed by atoms with Crippen LogP contribution in [0.3, 0.4) is 0 Å². The van der Waals surface area contributed by atoms with Crippen LogP contribution in [0.2, 0.25) is 0 Å². The number of hydrogen-bond acceptors (Lipinski definition) is 7. The van der Waals surface area contributed by atoms with Gasteiger partial charge in [-0.15, -0.1) is 0 Å². The first-order valence-corrected chi connectivity index (χ1v) is 6.53. The molecule has 0 saturated carbocycles. The zero-order chi connectivity index (χ0) is 15.9. The Labute approximate surface area is 123 Å². The number of carboxylic acid groups (broad SMARTS) is 2. The Morgan fingerprint density at radius 2 is 1.11 bits per heavy atom. The molecule has 0 bridgehead atoms. The molecule has 0 rings (SSSR count). The number of thiol groups is 2. The van der Waals surface area contributed by atoms with Crippen molar-refractivity contribution in [2.45, 2.75) is 13.3 Å². The van der Waals surface area contributed by atoms with Crippen molar-refractivity contribution in [3.8, 4) is 0 Å². The maximum Gasteiger partial charge on any atom is 0.313 e. The molecule has 116 valence electrons. The molecule has 9 heteroatoms. The van der Waals surface area contributed by atoms with Crippen LogP contribution >= 0.6 is 25.3 Å². The van der Waals surface area contributed by atoms with Crippen LogP contribution in [-0.4, -0.2) is 68.8 Å². The van der Waals surface area contributed by atoms with Crippen LogP contribution in [0.15, 0.2) is 0 Å². The normalized spacial score (nSPS) is 9.58. The predicted octanol–water partition coefficient (Wildman–Crippen LogP) is -0.639. The van der Waals surface area contributed by atoms with E-state index >= 15 is 0 Å². The summed E-state index contributed by atoms with van der Waals surface area (Å²) in [6, 6.07) is 0. The molecule has 0 aromatic carbocycles. The molecular weight excluding hydrogens is 296 g/mol. The summed E-state index contributed by atoms with van der Waals surface area (Å²) < 4.78 is 0. The fourth-order valence-corrected chi connectivity index (χ4v) is 0.485. The summed E-state index contributed by atoms with van der Waals surface area (Å²) in [6.45, 7) is 1.35. The second-order valence-electron chi connectivity index (χ2n) is 3.43. The van der Waals surface area contributed by atoms with Gasteiger partial charge in [0.2, 0.25) is 0 Å². The van der Waals surface area contributed by atoms with E-state index in [9.17, 15) is 9.59 Å². The van der Waals surface area contributed by atoms with Gasteiger partial charge in [0.15, 0.2) is 0 Å². The standard InChI is InChI=1S/C6H14O3.2C2H4O2S/c1-2-6(3-7,4-8)5-9;2*3-2(4)1-5/h7-9H,2-5H2,1H3;2*5H,1H2,(H,3,4). The van der Waals surface area contributed by atoms with Crippen LogP contribution in [0.25, 0.3) is 0 Å². The van der Waals surface area contributed by atoms with Crippen molar-refractivity contribution in [1.29, 1.82) is 0 Å². The van der Waals surface area contributed by atoms with Crippen LogP contribution in [0.1, 0.15) is 13.3 Å². The largest absolute Gasteiger partial charge is 0.481 e. The number of aliphatic hydroxyl groups excluding tert-OH is 3. The van der Waals surface area contributed by atoms with Crippen LogP contribution in [0.4, 0.5) is 0 Å². The topological polar surface area (TPSA) is 135 Å². The number of carboxylic acids is 2. The van der Waals surface area contributed by atoms with E-state index in [4.69, 9.17) is 25.5 Å². The molecular formula is C10H22O7S2. The SMILES string of the molecule is CCC(CO)(CO)CO.O=C(O)CS.O=C(O)CS. The van der Waals surface area contributed by atoms with Crippen molar-refractivity contribution in [1.82, 2.24) is 0 Å². The van der Waals surface area contributed by atoms with Crippen molar-refractivity contribution < 1.29 is 35.1 Å². The molecule has 0 aliphatic carbocycles. The molecule has 0 aliphatic rings. The maximum atomic E-state index is 9.29. The van der Waals surface area contributed by atoms with E-state index in [0.29, 0.717) is 6.42 Å². The van der Waals surface area contributed by atoms with Crippen LogP contribution in [0, 0.1) is 5.41 Å². The van der Waals surface area contributed by atoms with Gasteiger partial charge < -0.3 is 25.5 Å². The second-order valence-corrected chi connectivity index (χ2v) is 4.06. The minimum Gasteiger partial charge on any atom is -0.481 e. The summed E-state index contributed by atoms with van der Waals surface area (Å²) in [4.78, 5) is 18.6. The van der Waals surface area contributed by atoms with Crippen LogP contribution < -0.4 is 0 Å². The van der Waals surface area contributed by atoms with Gasteiger partial charge in [-0.2, -0.15) is 25.3 Å². The highest BCUT2D eigenvalue weighted by molar-refractivity contribution is 7.81. The Kier molecular flexibility index (Phi) is 19.3. The Morgan fingerprint density at radius 3 is 1.11 bits per heavy atom. The van der Waals surface area contributed by atoms with Gasteiger partial charge in [-0.25, -0.2) is 0 Å². The van der Waals surface area contributed by atoms with Crippen LogP contribution in [0.5, 0.6) is 0 Å². The van der Waals surface area contributed by atoms with E-state index in [1.54, 1.807) is 0 Å². The van der Waals surface area contributed by atoms with E-state index in [1.807, 2.05) is 6.92 Å². The third-order valence-electron chi connectivity index (χ3n) is 2.03. The molecule has 0 fully saturated rings. The highest BCUT2D eigenvalue weighted by Gasteiger charge is 2.24. The van der Waals surface area contributed by atoms with Gasteiger partial charge in [0.25, 0.3) is 0 Å². The molecule has 0 spiro atoms. The Balaban J connectivity index is -0.000000219. The average Bonchev–Trinajstić information content (AvgIpc) is 2.43. The maximum absolute atomic E-state index is 9.29. The van der Waals surface area contributed by atoms with E-state index < -0.39 is 17.4 Å². The number of carbonyl (C=O) groups is 2. The summed E-state index contributed by atoms with van der Waals surface area (Å²) in [5, 5.41) is 41.3. The summed E-state index contributed by atoms with van der Waals surface area (Å²) in [5.74, 6) is -1.93. The first kappa shape index (κ1) is 23.6. The van der Waals surface area contributed by atoms with Crippen molar-refractivity contribution in [2.24, 2.45) is 5.41 Å². The van der Waals surface area contributed by atoms with Gasteiger partial charge in [-0.1, -0.05) is 6.92 Å². The van der Waals surface area contributed by atoms with Gasteiger partial charge in [0.05, 0.1) is 31.3 Å². The summed E-state index contributed by atoms with van der Waals surface area (Å²) >= 11 is 6.83. The smallest absolute Gasteiger partial charge is 0.313 e. The van der Waals surface area contributed by atoms with Crippen molar-refractivity contribution >= 4 is 37.2 Å². The van der Waals surface area contributed by atoms with Gasteiger partial charge in [-0.3, -0.25) is 9.59 Å². The van der Waals surface area contributed by atoms with Gasteiger partial charge >= 0.3 is 11.9 Å². The first-order chi connectivity index (χ1) is 8.78. The molecule has 19 heavy (non-hydrogen) atoms. The Bertz CT molecular complexity index is 200. The predicted molar refractivity (Wildman–Crippen MR) is 77.0 cm³/mol. The molecule has 0 aromatic rings. The quantitative estimate of drug-likeness (QED) is 0.324. The minimum atomic E-state index is -0.881. The highest BCUT2D eigenvalue weighted by atomic mass is 32.1. The summed E-state index contributed by atoms with van der Waals surface area (Å²) in [6.07, 6.45) is 0.594. The van der Waals surface area contributed by atoms with E-state index in [0.717, 1.165) is 0 Å². The van der Waals surface area contributed by atoms with Crippen molar-refractivity contribution in [3.63, 3.8) is 0 Å². The molecule has 0 heterocycles. The first-order valence-electron chi connectivity index (χ1n) is 5.27. The molecule has 5 N–H and O–H groups in total. The highest BCUT2D eigenvalue weighted by Crippen LogP contribution is 2.18. The molecule has 0 atom stereocenters. The van der Waals surface area contributed by atoms with E-state index in [2.05, 4.69) is 25.3 Å². The van der Waals surface area contributed by atoms with E-state index in [1.165, 1.54) is 0 Å². The molecule has 0 aliphatic heterocycles. The molecule has 0 amide bonds. The zero-order valence-corrected chi connectivity index (χ0v) is 12.5. The number of rotatable bonds is 6. The van der Waals surface area contributed by atoms with Gasteiger partial charge in [-0.05, 0) is 6.42 Å². The molecule has 0 unspecified atom stereocenters. The molecule has 7 nitrogen and oxygen atoms in total.